The molecule has 0 atom stereocenters. The zero-order chi connectivity index (χ0) is 13.8. The Labute approximate surface area is 114 Å². The smallest absolute Gasteiger partial charge is 0.138 e. The van der Waals surface area contributed by atoms with Crippen molar-refractivity contribution < 1.29 is 9.15 Å². The third kappa shape index (κ3) is 2.82. The molecule has 0 aliphatic carbocycles. The van der Waals surface area contributed by atoms with E-state index in [2.05, 4.69) is 44.3 Å². The van der Waals surface area contributed by atoms with Crippen molar-refractivity contribution in [3.63, 3.8) is 0 Å². The number of nitrogens with one attached hydrogen (secondary N) is 1. The van der Waals surface area contributed by atoms with Crippen LogP contribution in [-0.4, -0.2) is 13.7 Å². The van der Waals surface area contributed by atoms with Crippen LogP contribution in [0.4, 0.5) is 0 Å². The number of rotatable bonds is 6. The topological polar surface area (TPSA) is 34.4 Å². The minimum absolute atomic E-state index is 0.456. The van der Waals surface area contributed by atoms with Gasteiger partial charge in [-0.15, -0.1) is 0 Å². The predicted octanol–water partition coefficient (Wildman–Crippen LogP) is 3.81. The van der Waals surface area contributed by atoms with Gasteiger partial charge in [-0.3, -0.25) is 0 Å². The van der Waals surface area contributed by atoms with Crippen molar-refractivity contribution in [3.8, 4) is 0 Å². The molecular formula is C16H23NO2. The largest absolute Gasteiger partial charge is 0.459 e. The van der Waals surface area contributed by atoms with Gasteiger partial charge < -0.3 is 14.5 Å². The molecule has 0 spiro atoms. The van der Waals surface area contributed by atoms with Gasteiger partial charge in [-0.2, -0.15) is 0 Å². The first-order valence-electron chi connectivity index (χ1n) is 6.91. The third-order valence-corrected chi connectivity index (χ3v) is 3.38. The first-order chi connectivity index (χ1) is 9.19. The molecule has 1 aromatic heterocycles. The molecule has 0 radical (unpaired) electrons. The highest BCUT2D eigenvalue weighted by molar-refractivity contribution is 5.85. The number of methoxy groups -OCH3 is 1. The molecule has 0 aliphatic heterocycles. The predicted molar refractivity (Wildman–Crippen MR) is 78.4 cm³/mol. The van der Waals surface area contributed by atoms with Gasteiger partial charge in [0.1, 0.15) is 11.3 Å². The molecule has 3 heteroatoms. The summed E-state index contributed by atoms with van der Waals surface area (Å²) >= 11 is 0. The SMILES string of the molecule is CCNCc1oc2c(C(C)C)cccc2c1COC. The summed E-state index contributed by atoms with van der Waals surface area (Å²) in [7, 11) is 1.72. The summed E-state index contributed by atoms with van der Waals surface area (Å²) < 4.78 is 11.4. The first kappa shape index (κ1) is 14.1. The highest BCUT2D eigenvalue weighted by atomic mass is 16.5. The fourth-order valence-electron chi connectivity index (χ4n) is 2.38. The van der Waals surface area contributed by atoms with E-state index in [1.807, 2.05) is 0 Å². The Hall–Kier alpha value is -1.32. The summed E-state index contributed by atoms with van der Waals surface area (Å²) in [6, 6.07) is 6.36. The minimum Gasteiger partial charge on any atom is -0.459 e. The van der Waals surface area contributed by atoms with Gasteiger partial charge in [0.2, 0.25) is 0 Å². The van der Waals surface area contributed by atoms with Crippen molar-refractivity contribution in [2.24, 2.45) is 0 Å². The standard InChI is InChI=1S/C16H23NO2/c1-5-17-9-15-14(10-18-4)13-8-6-7-12(11(2)3)16(13)19-15/h6-8,11,17H,5,9-10H2,1-4H3. The number of furan rings is 1. The second kappa shape index (κ2) is 6.22. The zero-order valence-electron chi connectivity index (χ0n) is 12.2. The van der Waals surface area contributed by atoms with E-state index >= 15 is 0 Å². The van der Waals surface area contributed by atoms with Crippen molar-refractivity contribution >= 4 is 11.0 Å². The summed E-state index contributed by atoms with van der Waals surface area (Å²) in [5, 5.41) is 4.51. The van der Waals surface area contributed by atoms with Crippen LogP contribution in [0.5, 0.6) is 0 Å². The van der Waals surface area contributed by atoms with Gasteiger partial charge in [0.15, 0.2) is 0 Å². The molecule has 0 bridgehead atoms. The van der Waals surface area contributed by atoms with Crippen LogP contribution in [0.25, 0.3) is 11.0 Å². The first-order valence-corrected chi connectivity index (χ1v) is 6.91. The van der Waals surface area contributed by atoms with Crippen LogP contribution in [0, 0.1) is 0 Å². The lowest BCUT2D eigenvalue weighted by atomic mass is 10.00. The van der Waals surface area contributed by atoms with Gasteiger partial charge in [0.25, 0.3) is 0 Å². The van der Waals surface area contributed by atoms with Crippen LogP contribution in [0.1, 0.15) is 43.6 Å². The Kier molecular flexibility index (Phi) is 4.61. The zero-order valence-corrected chi connectivity index (χ0v) is 12.2. The molecule has 3 nitrogen and oxygen atoms in total. The quantitative estimate of drug-likeness (QED) is 0.858. The van der Waals surface area contributed by atoms with Gasteiger partial charge in [0, 0.05) is 18.1 Å². The molecule has 2 rings (SSSR count). The molecule has 0 saturated heterocycles. The molecular weight excluding hydrogens is 238 g/mol. The Morgan fingerprint density at radius 1 is 1.32 bits per heavy atom. The van der Waals surface area contributed by atoms with E-state index in [0.29, 0.717) is 12.5 Å². The second-order valence-electron chi connectivity index (χ2n) is 5.10. The summed E-state index contributed by atoms with van der Waals surface area (Å²) in [5.41, 5.74) is 3.44. The van der Waals surface area contributed by atoms with E-state index in [4.69, 9.17) is 9.15 Å². The van der Waals surface area contributed by atoms with E-state index in [0.717, 1.165) is 24.4 Å². The van der Waals surface area contributed by atoms with Crippen molar-refractivity contribution in [2.75, 3.05) is 13.7 Å². The van der Waals surface area contributed by atoms with Crippen LogP contribution in [0.2, 0.25) is 0 Å². The maximum atomic E-state index is 6.10. The molecule has 0 unspecified atom stereocenters. The Balaban J connectivity index is 2.54. The molecule has 1 N–H and O–H groups in total. The van der Waals surface area contributed by atoms with Gasteiger partial charge >= 0.3 is 0 Å². The molecule has 2 aromatic rings. The van der Waals surface area contributed by atoms with E-state index in [1.54, 1.807) is 7.11 Å². The van der Waals surface area contributed by atoms with Gasteiger partial charge in [-0.05, 0) is 18.0 Å². The molecule has 1 heterocycles. The fraction of sp³-hybridized carbons (Fsp3) is 0.500. The third-order valence-electron chi connectivity index (χ3n) is 3.38. The lowest BCUT2D eigenvalue weighted by molar-refractivity contribution is 0.183. The monoisotopic (exact) mass is 261 g/mol. The van der Waals surface area contributed by atoms with Crippen molar-refractivity contribution in [3.05, 3.63) is 35.1 Å². The van der Waals surface area contributed by atoms with Crippen molar-refractivity contribution in [1.29, 1.82) is 0 Å². The fourth-order valence-corrected chi connectivity index (χ4v) is 2.38. The van der Waals surface area contributed by atoms with Crippen molar-refractivity contribution in [2.45, 2.75) is 39.8 Å². The van der Waals surface area contributed by atoms with Crippen LogP contribution >= 0.6 is 0 Å². The average molecular weight is 261 g/mol. The van der Waals surface area contributed by atoms with Gasteiger partial charge in [-0.1, -0.05) is 39.0 Å². The Morgan fingerprint density at radius 2 is 2.11 bits per heavy atom. The highest BCUT2D eigenvalue weighted by Gasteiger charge is 2.17. The normalized spacial score (nSPS) is 11.6. The van der Waals surface area contributed by atoms with Gasteiger partial charge in [-0.25, -0.2) is 0 Å². The summed E-state index contributed by atoms with van der Waals surface area (Å²) in [6.07, 6.45) is 0. The summed E-state index contributed by atoms with van der Waals surface area (Å²) in [4.78, 5) is 0. The lowest BCUT2D eigenvalue weighted by Gasteiger charge is -2.05. The van der Waals surface area contributed by atoms with Crippen LogP contribution in [0.3, 0.4) is 0 Å². The van der Waals surface area contributed by atoms with Gasteiger partial charge in [0.05, 0.1) is 13.2 Å². The number of hydrogen-bond donors (Lipinski definition) is 1. The Morgan fingerprint density at radius 3 is 2.74 bits per heavy atom. The molecule has 1 aromatic carbocycles. The van der Waals surface area contributed by atoms with Crippen LogP contribution in [0.15, 0.2) is 22.6 Å². The van der Waals surface area contributed by atoms with Crippen LogP contribution < -0.4 is 5.32 Å². The summed E-state index contributed by atoms with van der Waals surface area (Å²) in [5.74, 6) is 1.45. The van der Waals surface area contributed by atoms with E-state index in [1.165, 1.54) is 16.5 Å². The molecule has 0 aliphatic rings. The molecule has 0 saturated carbocycles. The maximum absolute atomic E-state index is 6.10. The van der Waals surface area contributed by atoms with Crippen molar-refractivity contribution in [1.82, 2.24) is 5.32 Å². The van der Waals surface area contributed by atoms with Crippen LogP contribution in [-0.2, 0) is 17.9 Å². The maximum Gasteiger partial charge on any atom is 0.138 e. The highest BCUT2D eigenvalue weighted by Crippen LogP contribution is 2.32. The van der Waals surface area contributed by atoms with E-state index in [-0.39, 0.29) is 0 Å². The minimum atomic E-state index is 0.456. The number of fused-ring (bicyclic) bond motifs is 1. The molecule has 19 heavy (non-hydrogen) atoms. The average Bonchev–Trinajstić information content (AvgIpc) is 2.75. The number of ether oxygens (including phenoxy) is 1. The van der Waals surface area contributed by atoms with E-state index in [9.17, 15) is 0 Å². The summed E-state index contributed by atoms with van der Waals surface area (Å²) in [6.45, 7) is 8.75. The lowest BCUT2D eigenvalue weighted by Crippen LogP contribution is -2.12. The van der Waals surface area contributed by atoms with E-state index < -0.39 is 0 Å². The number of hydrogen-bond acceptors (Lipinski definition) is 3. The number of para-hydroxylation sites is 1. The molecule has 0 amide bonds. The Bertz CT molecular complexity index is 543. The second-order valence-corrected chi connectivity index (χ2v) is 5.10. The number of benzene rings is 1. The molecule has 0 fully saturated rings. The molecule has 104 valence electrons.